The molecule has 4 heteroatoms. The molecule has 1 aromatic carbocycles. The zero-order valence-electron chi connectivity index (χ0n) is 9.69. The van der Waals surface area contributed by atoms with Crippen LogP contribution in [-0.2, 0) is 11.3 Å². The molecule has 0 radical (unpaired) electrons. The van der Waals surface area contributed by atoms with Crippen LogP contribution in [0.15, 0.2) is 18.2 Å². The van der Waals surface area contributed by atoms with Gasteiger partial charge in [-0.25, -0.2) is 0 Å². The summed E-state index contributed by atoms with van der Waals surface area (Å²) in [6.07, 6.45) is 3.49. The van der Waals surface area contributed by atoms with Gasteiger partial charge in [0.05, 0.1) is 17.7 Å². The number of benzene rings is 1. The lowest BCUT2D eigenvalue weighted by molar-refractivity contribution is -0.0114. The van der Waals surface area contributed by atoms with Gasteiger partial charge in [-0.2, -0.15) is 0 Å². The molecule has 0 spiro atoms. The van der Waals surface area contributed by atoms with E-state index in [-0.39, 0.29) is 12.7 Å². The molecule has 1 fully saturated rings. The molecule has 1 aliphatic heterocycles. The van der Waals surface area contributed by atoms with Crippen molar-refractivity contribution >= 4 is 11.6 Å². The minimum absolute atomic E-state index is 0.0680. The molecular weight excluding hydrogens is 240 g/mol. The number of ether oxygens (including phenoxy) is 2. The molecule has 1 aromatic rings. The fourth-order valence-corrected chi connectivity index (χ4v) is 2.20. The number of para-hydroxylation sites is 1. The molecule has 0 aliphatic carbocycles. The standard InChI is InChI=1S/C13H17ClO3/c14-12-6-3-4-10(8-15)13(12)17-9-11-5-1-2-7-16-11/h3-4,6,11,15H,1-2,5,7-9H2. The Morgan fingerprint density at radius 2 is 2.29 bits per heavy atom. The van der Waals surface area contributed by atoms with Gasteiger partial charge in [0.25, 0.3) is 0 Å². The number of aliphatic hydroxyl groups is 1. The summed E-state index contributed by atoms with van der Waals surface area (Å²) in [5.74, 6) is 0.575. The van der Waals surface area contributed by atoms with E-state index in [0.717, 1.165) is 19.4 Å². The Kier molecular flexibility index (Phi) is 4.66. The van der Waals surface area contributed by atoms with Gasteiger partial charge in [-0.05, 0) is 25.3 Å². The number of hydrogen-bond donors (Lipinski definition) is 1. The van der Waals surface area contributed by atoms with E-state index >= 15 is 0 Å². The van der Waals surface area contributed by atoms with Gasteiger partial charge in [0.2, 0.25) is 0 Å². The largest absolute Gasteiger partial charge is 0.489 e. The van der Waals surface area contributed by atoms with E-state index in [2.05, 4.69) is 0 Å². The topological polar surface area (TPSA) is 38.7 Å². The molecule has 17 heavy (non-hydrogen) atoms. The van der Waals surface area contributed by atoms with Crippen molar-refractivity contribution in [1.82, 2.24) is 0 Å². The Hall–Kier alpha value is -0.770. The van der Waals surface area contributed by atoms with Crippen LogP contribution in [0.4, 0.5) is 0 Å². The summed E-state index contributed by atoms with van der Waals surface area (Å²) in [6, 6.07) is 5.37. The van der Waals surface area contributed by atoms with Crippen molar-refractivity contribution in [2.24, 2.45) is 0 Å². The van der Waals surface area contributed by atoms with Gasteiger partial charge in [0.15, 0.2) is 0 Å². The molecule has 0 saturated carbocycles. The summed E-state index contributed by atoms with van der Waals surface area (Å²) in [6.45, 7) is 1.24. The second-order valence-electron chi connectivity index (χ2n) is 4.19. The van der Waals surface area contributed by atoms with E-state index in [1.165, 1.54) is 6.42 Å². The van der Waals surface area contributed by atoms with Crippen molar-refractivity contribution in [2.45, 2.75) is 32.0 Å². The molecular formula is C13H17ClO3. The molecule has 1 atom stereocenters. The fraction of sp³-hybridized carbons (Fsp3) is 0.538. The van der Waals surface area contributed by atoms with Crippen molar-refractivity contribution in [3.05, 3.63) is 28.8 Å². The van der Waals surface area contributed by atoms with Crippen LogP contribution in [0, 0.1) is 0 Å². The smallest absolute Gasteiger partial charge is 0.143 e. The molecule has 1 heterocycles. The van der Waals surface area contributed by atoms with Crippen LogP contribution in [0.3, 0.4) is 0 Å². The van der Waals surface area contributed by atoms with Crippen LogP contribution in [0.25, 0.3) is 0 Å². The number of rotatable bonds is 4. The normalized spacial score (nSPS) is 20.2. The number of aliphatic hydroxyl groups excluding tert-OH is 1. The second-order valence-corrected chi connectivity index (χ2v) is 4.59. The first-order valence-electron chi connectivity index (χ1n) is 5.94. The number of hydrogen-bond acceptors (Lipinski definition) is 3. The maximum Gasteiger partial charge on any atom is 0.143 e. The molecule has 1 N–H and O–H groups in total. The van der Waals surface area contributed by atoms with Crippen LogP contribution in [0.2, 0.25) is 5.02 Å². The zero-order valence-corrected chi connectivity index (χ0v) is 10.4. The molecule has 2 rings (SSSR count). The SMILES string of the molecule is OCc1cccc(Cl)c1OCC1CCCCO1. The third kappa shape index (κ3) is 3.35. The highest BCUT2D eigenvalue weighted by atomic mass is 35.5. The van der Waals surface area contributed by atoms with E-state index in [1.54, 1.807) is 12.1 Å². The third-order valence-corrected chi connectivity index (χ3v) is 3.20. The Labute approximate surface area is 106 Å². The van der Waals surface area contributed by atoms with Gasteiger partial charge >= 0.3 is 0 Å². The minimum Gasteiger partial charge on any atom is -0.489 e. The maximum absolute atomic E-state index is 9.21. The van der Waals surface area contributed by atoms with Gasteiger partial charge in [-0.1, -0.05) is 23.7 Å². The summed E-state index contributed by atoms with van der Waals surface area (Å²) >= 11 is 6.05. The second kappa shape index (κ2) is 6.24. The Balaban J connectivity index is 1.97. The molecule has 3 nitrogen and oxygen atoms in total. The zero-order chi connectivity index (χ0) is 12.1. The van der Waals surface area contributed by atoms with Crippen LogP contribution in [0.1, 0.15) is 24.8 Å². The summed E-state index contributed by atoms with van der Waals surface area (Å²) in [7, 11) is 0. The summed E-state index contributed by atoms with van der Waals surface area (Å²) < 4.78 is 11.3. The van der Waals surface area contributed by atoms with Crippen LogP contribution in [0.5, 0.6) is 5.75 Å². The van der Waals surface area contributed by atoms with E-state index in [4.69, 9.17) is 21.1 Å². The van der Waals surface area contributed by atoms with E-state index in [0.29, 0.717) is 22.9 Å². The van der Waals surface area contributed by atoms with Crippen molar-refractivity contribution in [2.75, 3.05) is 13.2 Å². The van der Waals surface area contributed by atoms with E-state index in [9.17, 15) is 5.11 Å². The Morgan fingerprint density at radius 3 is 3.00 bits per heavy atom. The summed E-state index contributed by atoms with van der Waals surface area (Å²) in [5.41, 5.74) is 0.716. The maximum atomic E-state index is 9.21. The predicted molar refractivity (Wildman–Crippen MR) is 66.5 cm³/mol. The average molecular weight is 257 g/mol. The van der Waals surface area contributed by atoms with E-state index in [1.807, 2.05) is 6.07 Å². The number of halogens is 1. The average Bonchev–Trinajstić information content (AvgIpc) is 2.38. The van der Waals surface area contributed by atoms with Gasteiger partial charge in [0, 0.05) is 12.2 Å². The predicted octanol–water partition coefficient (Wildman–Crippen LogP) is 2.78. The van der Waals surface area contributed by atoms with E-state index < -0.39 is 0 Å². The van der Waals surface area contributed by atoms with Gasteiger partial charge in [0.1, 0.15) is 12.4 Å². The van der Waals surface area contributed by atoms with Crippen molar-refractivity contribution in [1.29, 1.82) is 0 Å². The quantitative estimate of drug-likeness (QED) is 0.900. The minimum atomic E-state index is -0.0680. The molecule has 1 saturated heterocycles. The molecule has 1 aliphatic rings. The van der Waals surface area contributed by atoms with Crippen molar-refractivity contribution in [3.8, 4) is 5.75 Å². The lowest BCUT2D eigenvalue weighted by Gasteiger charge is -2.23. The first-order chi connectivity index (χ1) is 8.31. The third-order valence-electron chi connectivity index (χ3n) is 2.91. The Bertz CT molecular complexity index is 362. The first-order valence-corrected chi connectivity index (χ1v) is 6.31. The summed E-state index contributed by atoms with van der Waals surface area (Å²) in [4.78, 5) is 0. The summed E-state index contributed by atoms with van der Waals surface area (Å²) in [5, 5.41) is 9.74. The van der Waals surface area contributed by atoms with Crippen molar-refractivity contribution < 1.29 is 14.6 Å². The van der Waals surface area contributed by atoms with Gasteiger partial charge in [-0.15, -0.1) is 0 Å². The fourth-order valence-electron chi connectivity index (χ4n) is 1.95. The first kappa shape index (κ1) is 12.7. The highest BCUT2D eigenvalue weighted by molar-refractivity contribution is 6.32. The van der Waals surface area contributed by atoms with Crippen LogP contribution >= 0.6 is 11.6 Å². The lowest BCUT2D eigenvalue weighted by atomic mass is 10.1. The highest BCUT2D eigenvalue weighted by Crippen LogP contribution is 2.29. The van der Waals surface area contributed by atoms with Gasteiger partial charge < -0.3 is 14.6 Å². The molecule has 1 unspecified atom stereocenters. The monoisotopic (exact) mass is 256 g/mol. The molecule has 94 valence electrons. The highest BCUT2D eigenvalue weighted by Gasteiger charge is 2.16. The van der Waals surface area contributed by atoms with Crippen LogP contribution < -0.4 is 4.74 Å². The molecule has 0 amide bonds. The van der Waals surface area contributed by atoms with Crippen molar-refractivity contribution in [3.63, 3.8) is 0 Å². The Morgan fingerprint density at radius 1 is 1.41 bits per heavy atom. The van der Waals surface area contributed by atoms with Gasteiger partial charge in [-0.3, -0.25) is 0 Å². The lowest BCUT2D eigenvalue weighted by Crippen LogP contribution is -2.26. The molecule has 0 bridgehead atoms. The molecule has 0 aromatic heterocycles. The van der Waals surface area contributed by atoms with Crippen LogP contribution in [-0.4, -0.2) is 24.4 Å².